The van der Waals surface area contributed by atoms with Gasteiger partial charge in [0.05, 0.1) is 5.56 Å². The molecule has 2 atom stereocenters. The van der Waals surface area contributed by atoms with Gasteiger partial charge >= 0.3 is 18.1 Å². The van der Waals surface area contributed by atoms with Gasteiger partial charge in [0.1, 0.15) is 0 Å². The van der Waals surface area contributed by atoms with E-state index in [2.05, 4.69) is 42.2 Å². The molecule has 1 aliphatic heterocycles. The van der Waals surface area contributed by atoms with Crippen molar-refractivity contribution in [3.05, 3.63) is 71.3 Å². The SMILES string of the molecule is CC1C(Cc2ccccc2)CCN1Cc1ccc(C(=O)O)cc1.O=C(O)C(F)(F)F. The highest BCUT2D eigenvalue weighted by atomic mass is 19.4. The number of aromatic carboxylic acids is 1. The van der Waals surface area contributed by atoms with Crippen molar-refractivity contribution in [2.75, 3.05) is 6.54 Å². The van der Waals surface area contributed by atoms with Crippen LogP contribution in [0.4, 0.5) is 13.2 Å². The Kier molecular flexibility index (Phi) is 8.00. The third-order valence-electron chi connectivity index (χ3n) is 5.22. The molecule has 162 valence electrons. The molecule has 3 rings (SSSR count). The van der Waals surface area contributed by atoms with E-state index in [0.29, 0.717) is 17.5 Å². The Bertz CT molecular complexity index is 838. The summed E-state index contributed by atoms with van der Waals surface area (Å²) >= 11 is 0. The van der Waals surface area contributed by atoms with Gasteiger partial charge in [0.2, 0.25) is 0 Å². The minimum atomic E-state index is -5.08. The van der Waals surface area contributed by atoms with E-state index in [1.807, 2.05) is 12.1 Å². The molecule has 0 aromatic heterocycles. The minimum Gasteiger partial charge on any atom is -0.478 e. The van der Waals surface area contributed by atoms with Crippen LogP contribution in [0.15, 0.2) is 54.6 Å². The lowest BCUT2D eigenvalue weighted by Gasteiger charge is -2.25. The van der Waals surface area contributed by atoms with Crippen LogP contribution in [0.5, 0.6) is 0 Å². The number of carbonyl (C=O) groups is 2. The molecule has 30 heavy (non-hydrogen) atoms. The average molecular weight is 423 g/mol. The number of rotatable bonds is 5. The molecule has 1 fully saturated rings. The highest BCUT2D eigenvalue weighted by molar-refractivity contribution is 5.87. The lowest BCUT2D eigenvalue weighted by molar-refractivity contribution is -0.192. The second-order valence-electron chi connectivity index (χ2n) is 7.25. The number of aliphatic carboxylic acids is 1. The first-order chi connectivity index (χ1) is 14.1. The number of alkyl halides is 3. The van der Waals surface area contributed by atoms with Crippen molar-refractivity contribution in [2.45, 2.75) is 38.5 Å². The van der Waals surface area contributed by atoms with Crippen LogP contribution in [-0.4, -0.2) is 45.8 Å². The molecule has 0 spiro atoms. The first-order valence-electron chi connectivity index (χ1n) is 9.48. The molecule has 1 heterocycles. The number of hydrogen-bond acceptors (Lipinski definition) is 3. The van der Waals surface area contributed by atoms with E-state index >= 15 is 0 Å². The van der Waals surface area contributed by atoms with Gasteiger partial charge in [-0.3, -0.25) is 4.90 Å². The molecule has 0 amide bonds. The maximum atomic E-state index is 10.9. The van der Waals surface area contributed by atoms with Crippen molar-refractivity contribution in [3.8, 4) is 0 Å². The molecular weight excluding hydrogens is 399 g/mol. The van der Waals surface area contributed by atoms with Gasteiger partial charge in [-0.2, -0.15) is 13.2 Å². The zero-order valence-electron chi connectivity index (χ0n) is 16.5. The van der Waals surface area contributed by atoms with Crippen molar-refractivity contribution in [3.63, 3.8) is 0 Å². The van der Waals surface area contributed by atoms with E-state index in [0.717, 1.165) is 19.5 Å². The van der Waals surface area contributed by atoms with Gasteiger partial charge in [0.15, 0.2) is 0 Å². The highest BCUT2D eigenvalue weighted by Gasteiger charge is 2.38. The van der Waals surface area contributed by atoms with E-state index < -0.39 is 18.1 Å². The van der Waals surface area contributed by atoms with Gasteiger partial charge < -0.3 is 10.2 Å². The lowest BCUT2D eigenvalue weighted by atomic mass is 9.93. The average Bonchev–Trinajstić information content (AvgIpc) is 3.02. The van der Waals surface area contributed by atoms with E-state index in [1.165, 1.54) is 17.5 Å². The van der Waals surface area contributed by atoms with Crippen LogP contribution in [-0.2, 0) is 17.8 Å². The zero-order chi connectivity index (χ0) is 22.3. The van der Waals surface area contributed by atoms with Crippen LogP contribution in [0, 0.1) is 5.92 Å². The molecule has 0 bridgehead atoms. The maximum absolute atomic E-state index is 10.9. The van der Waals surface area contributed by atoms with Crippen molar-refractivity contribution in [2.24, 2.45) is 5.92 Å². The number of nitrogens with zero attached hydrogens (tertiary/aromatic N) is 1. The fraction of sp³-hybridized carbons (Fsp3) is 0.364. The third kappa shape index (κ3) is 6.88. The number of likely N-dealkylation sites (tertiary alicyclic amines) is 1. The Morgan fingerprint density at radius 1 is 1.00 bits per heavy atom. The lowest BCUT2D eigenvalue weighted by Crippen LogP contribution is -2.30. The Morgan fingerprint density at radius 2 is 1.57 bits per heavy atom. The van der Waals surface area contributed by atoms with Gasteiger partial charge in [-0.25, -0.2) is 9.59 Å². The van der Waals surface area contributed by atoms with Gasteiger partial charge in [-0.05, 0) is 55.5 Å². The topological polar surface area (TPSA) is 77.8 Å². The molecular formula is C22H24F3NO4. The highest BCUT2D eigenvalue weighted by Crippen LogP contribution is 2.28. The first-order valence-corrected chi connectivity index (χ1v) is 9.48. The number of hydrogen-bond donors (Lipinski definition) is 2. The number of carboxylic acids is 2. The Hall–Kier alpha value is -2.87. The summed E-state index contributed by atoms with van der Waals surface area (Å²) in [6.45, 7) is 4.32. The molecule has 2 unspecified atom stereocenters. The summed E-state index contributed by atoms with van der Waals surface area (Å²) in [6, 6.07) is 18.5. The normalized spacial score (nSPS) is 19.1. The van der Waals surface area contributed by atoms with Gasteiger partial charge in [-0.15, -0.1) is 0 Å². The maximum Gasteiger partial charge on any atom is 0.490 e. The summed E-state index contributed by atoms with van der Waals surface area (Å²) in [5.74, 6) is -2.93. The largest absolute Gasteiger partial charge is 0.490 e. The van der Waals surface area contributed by atoms with Crippen molar-refractivity contribution < 1.29 is 33.0 Å². The summed E-state index contributed by atoms with van der Waals surface area (Å²) in [7, 11) is 0. The fourth-order valence-electron chi connectivity index (χ4n) is 3.47. The van der Waals surface area contributed by atoms with Crippen LogP contribution < -0.4 is 0 Å². The monoisotopic (exact) mass is 423 g/mol. The summed E-state index contributed by atoms with van der Waals surface area (Å²) in [5, 5.41) is 16.1. The molecule has 1 saturated heterocycles. The summed E-state index contributed by atoms with van der Waals surface area (Å²) in [5.41, 5.74) is 2.95. The standard InChI is InChI=1S/C20H23NO2.C2HF3O2/c1-15-19(13-16-5-3-2-4-6-16)11-12-21(15)14-17-7-9-18(10-8-17)20(22)23;3-2(4,5)1(6)7/h2-10,15,19H,11-14H2,1H3,(H,22,23);(H,6,7). The number of carboxylic acid groups (broad SMARTS) is 2. The summed E-state index contributed by atoms with van der Waals surface area (Å²) in [6.07, 6.45) is -2.72. The summed E-state index contributed by atoms with van der Waals surface area (Å²) < 4.78 is 31.7. The van der Waals surface area contributed by atoms with Gasteiger partial charge in [-0.1, -0.05) is 42.5 Å². The van der Waals surface area contributed by atoms with Crippen molar-refractivity contribution in [1.29, 1.82) is 0 Å². The molecule has 8 heteroatoms. The molecule has 1 aliphatic rings. The third-order valence-corrected chi connectivity index (χ3v) is 5.22. The second kappa shape index (κ2) is 10.2. The van der Waals surface area contributed by atoms with E-state index in [4.69, 9.17) is 15.0 Å². The number of benzene rings is 2. The molecule has 0 aliphatic carbocycles. The molecule has 0 radical (unpaired) electrons. The van der Waals surface area contributed by atoms with Crippen LogP contribution >= 0.6 is 0 Å². The van der Waals surface area contributed by atoms with Gasteiger partial charge in [0, 0.05) is 12.6 Å². The Labute approximate surface area is 172 Å². The van der Waals surface area contributed by atoms with Crippen LogP contribution in [0.2, 0.25) is 0 Å². The zero-order valence-corrected chi connectivity index (χ0v) is 16.5. The summed E-state index contributed by atoms with van der Waals surface area (Å²) in [4.78, 5) is 22.3. The molecule has 0 saturated carbocycles. The molecule has 2 aromatic rings. The molecule has 2 aromatic carbocycles. The first kappa shape index (κ1) is 23.4. The van der Waals surface area contributed by atoms with E-state index in [9.17, 15) is 18.0 Å². The Balaban J connectivity index is 0.000000396. The molecule has 5 nitrogen and oxygen atoms in total. The predicted octanol–water partition coefficient (Wildman–Crippen LogP) is 4.47. The van der Waals surface area contributed by atoms with E-state index in [-0.39, 0.29) is 0 Å². The van der Waals surface area contributed by atoms with Crippen LogP contribution in [0.3, 0.4) is 0 Å². The van der Waals surface area contributed by atoms with Crippen LogP contribution in [0.25, 0.3) is 0 Å². The smallest absolute Gasteiger partial charge is 0.478 e. The quantitative estimate of drug-likeness (QED) is 0.742. The number of halogens is 3. The molecule has 2 N–H and O–H groups in total. The Morgan fingerprint density at radius 3 is 2.07 bits per heavy atom. The van der Waals surface area contributed by atoms with Crippen molar-refractivity contribution >= 4 is 11.9 Å². The second-order valence-corrected chi connectivity index (χ2v) is 7.25. The fourth-order valence-corrected chi connectivity index (χ4v) is 3.47. The van der Waals surface area contributed by atoms with Crippen LogP contribution in [0.1, 0.15) is 34.8 Å². The predicted molar refractivity (Wildman–Crippen MR) is 105 cm³/mol. The van der Waals surface area contributed by atoms with Gasteiger partial charge in [0.25, 0.3) is 0 Å². The van der Waals surface area contributed by atoms with E-state index in [1.54, 1.807) is 12.1 Å². The van der Waals surface area contributed by atoms with Crippen molar-refractivity contribution in [1.82, 2.24) is 4.90 Å². The minimum absolute atomic E-state index is 0.352.